The Kier molecular flexibility index (Phi) is 8.58. The van der Waals surface area contributed by atoms with Crippen molar-refractivity contribution >= 4 is 40.6 Å². The molecule has 168 valence electrons. The molecular weight excluding hydrogens is 418 g/mol. The highest BCUT2D eigenvalue weighted by Crippen LogP contribution is 2.22. The van der Waals surface area contributed by atoms with Crippen molar-refractivity contribution in [1.82, 2.24) is 0 Å². The fourth-order valence-electron chi connectivity index (χ4n) is 2.73. The Labute approximate surface area is 184 Å². The fraction of sp³-hybridized carbons (Fsp3) is 0.273. The first kappa shape index (κ1) is 24.2. The van der Waals surface area contributed by atoms with E-state index in [1.165, 1.54) is 25.1 Å². The number of carbonyl (C=O) groups is 4. The minimum atomic E-state index is -0.651. The number of nitrogens with one attached hydrogen (secondary N) is 2. The average Bonchev–Trinajstić information content (AvgIpc) is 2.73. The van der Waals surface area contributed by atoms with Gasteiger partial charge in [-0.1, -0.05) is 18.2 Å². The van der Waals surface area contributed by atoms with Gasteiger partial charge in [-0.05, 0) is 38.5 Å². The molecule has 0 aliphatic rings. The zero-order valence-corrected chi connectivity index (χ0v) is 17.7. The van der Waals surface area contributed by atoms with Gasteiger partial charge in [0, 0.05) is 41.4 Å². The second-order valence-electron chi connectivity index (χ2n) is 7.01. The van der Waals surface area contributed by atoms with Crippen LogP contribution >= 0.6 is 0 Å². The number of carbonyl (C=O) groups excluding carboxylic acids is 4. The quantitative estimate of drug-likeness (QED) is 0.249. The number of amides is 2. The minimum absolute atomic E-state index is 0.0542. The number of aryl methyl sites for hydroxylation is 1. The van der Waals surface area contributed by atoms with Crippen molar-refractivity contribution in [2.45, 2.75) is 33.1 Å². The smallest absolute Gasteiger partial charge is 0.306 e. The molecule has 2 aromatic carbocycles. The maximum atomic E-state index is 12.0. The summed E-state index contributed by atoms with van der Waals surface area (Å²) in [5.41, 5.74) is 1.50. The van der Waals surface area contributed by atoms with Gasteiger partial charge in [0.05, 0.1) is 4.92 Å². The molecule has 2 N–H and O–H groups in total. The van der Waals surface area contributed by atoms with Gasteiger partial charge in [0.2, 0.25) is 5.91 Å². The van der Waals surface area contributed by atoms with Crippen LogP contribution in [0.25, 0.3) is 0 Å². The number of rotatable bonds is 10. The Bertz CT molecular complexity index is 1050. The highest BCUT2D eigenvalue weighted by Gasteiger charge is 2.14. The van der Waals surface area contributed by atoms with Crippen molar-refractivity contribution in [3.05, 3.63) is 63.7 Å². The van der Waals surface area contributed by atoms with Gasteiger partial charge in [-0.2, -0.15) is 0 Å². The molecule has 0 spiro atoms. The maximum absolute atomic E-state index is 12.0. The number of Topliss-reactive ketones (excluding diaryl/α,β-unsaturated/α-hetero) is 1. The van der Waals surface area contributed by atoms with Gasteiger partial charge in [-0.25, -0.2) is 0 Å². The summed E-state index contributed by atoms with van der Waals surface area (Å²) in [4.78, 5) is 57.4. The summed E-state index contributed by atoms with van der Waals surface area (Å²) >= 11 is 0. The Morgan fingerprint density at radius 3 is 2.34 bits per heavy atom. The third-order valence-corrected chi connectivity index (χ3v) is 4.39. The summed E-state index contributed by atoms with van der Waals surface area (Å²) in [7, 11) is 0. The molecule has 10 heteroatoms. The van der Waals surface area contributed by atoms with Crippen molar-refractivity contribution < 1.29 is 28.8 Å². The van der Waals surface area contributed by atoms with Crippen LogP contribution in [-0.4, -0.2) is 35.1 Å². The number of benzene rings is 2. The molecule has 0 bridgehead atoms. The molecule has 0 saturated carbocycles. The summed E-state index contributed by atoms with van der Waals surface area (Å²) in [5, 5.41) is 16.0. The van der Waals surface area contributed by atoms with Gasteiger partial charge in [-0.3, -0.25) is 29.3 Å². The maximum Gasteiger partial charge on any atom is 0.306 e. The predicted molar refractivity (Wildman–Crippen MR) is 116 cm³/mol. The van der Waals surface area contributed by atoms with E-state index in [0.717, 1.165) is 0 Å². The normalized spacial score (nSPS) is 10.2. The zero-order valence-electron chi connectivity index (χ0n) is 17.7. The Balaban J connectivity index is 1.71. The van der Waals surface area contributed by atoms with E-state index in [0.29, 0.717) is 16.8 Å². The first-order chi connectivity index (χ1) is 15.2. The molecule has 0 aromatic heterocycles. The number of ether oxygens (including phenoxy) is 1. The van der Waals surface area contributed by atoms with Crippen molar-refractivity contribution in [2.24, 2.45) is 0 Å². The van der Waals surface area contributed by atoms with E-state index in [1.807, 2.05) is 0 Å². The van der Waals surface area contributed by atoms with Crippen molar-refractivity contribution in [1.29, 1.82) is 0 Å². The third-order valence-electron chi connectivity index (χ3n) is 4.39. The SMILES string of the molecule is CC(=O)c1cccc(NC(=O)CCCC(=O)OCC(=O)Nc2ccc(C)c([N+](=O)[O-])c2)c1. The number of nitrogens with zero attached hydrogens (tertiary/aromatic N) is 1. The summed E-state index contributed by atoms with van der Waals surface area (Å²) in [6, 6.07) is 10.7. The lowest BCUT2D eigenvalue weighted by molar-refractivity contribution is -0.385. The molecule has 0 radical (unpaired) electrons. The van der Waals surface area contributed by atoms with Gasteiger partial charge in [0.1, 0.15) is 0 Å². The number of hydrogen-bond donors (Lipinski definition) is 2. The fourth-order valence-corrected chi connectivity index (χ4v) is 2.73. The molecule has 2 rings (SSSR count). The highest BCUT2D eigenvalue weighted by molar-refractivity contribution is 5.97. The van der Waals surface area contributed by atoms with E-state index in [-0.39, 0.29) is 42.3 Å². The number of nitro benzene ring substituents is 1. The van der Waals surface area contributed by atoms with Crippen LogP contribution in [0.3, 0.4) is 0 Å². The standard InChI is InChI=1S/C22H23N3O7/c1-14-9-10-18(12-19(14)25(30)31)24-21(28)13-32-22(29)8-4-7-20(27)23-17-6-3-5-16(11-17)15(2)26/h3,5-6,9-12H,4,7-8,13H2,1-2H3,(H,23,27)(H,24,28). The first-order valence-electron chi connectivity index (χ1n) is 9.77. The molecular formula is C22H23N3O7. The number of esters is 1. The summed E-state index contributed by atoms with van der Waals surface area (Å²) in [5.74, 6) is -1.73. The Morgan fingerprint density at radius 2 is 1.66 bits per heavy atom. The summed E-state index contributed by atoms with van der Waals surface area (Å²) in [6.45, 7) is 2.46. The van der Waals surface area contributed by atoms with Crippen LogP contribution in [0.15, 0.2) is 42.5 Å². The molecule has 32 heavy (non-hydrogen) atoms. The van der Waals surface area contributed by atoms with Gasteiger partial charge in [0.25, 0.3) is 11.6 Å². The predicted octanol–water partition coefficient (Wildman–Crippen LogP) is 3.40. The van der Waals surface area contributed by atoms with Crippen LogP contribution in [0.4, 0.5) is 17.1 Å². The Morgan fingerprint density at radius 1 is 0.969 bits per heavy atom. The van der Waals surface area contributed by atoms with Gasteiger partial charge in [0.15, 0.2) is 12.4 Å². The van der Waals surface area contributed by atoms with Gasteiger partial charge < -0.3 is 15.4 Å². The summed E-state index contributed by atoms with van der Waals surface area (Å²) < 4.78 is 4.87. The molecule has 0 heterocycles. The lowest BCUT2D eigenvalue weighted by atomic mass is 10.1. The topological polar surface area (TPSA) is 145 Å². The van der Waals surface area contributed by atoms with Crippen LogP contribution in [0.5, 0.6) is 0 Å². The largest absolute Gasteiger partial charge is 0.456 e. The average molecular weight is 441 g/mol. The van der Waals surface area contributed by atoms with Crippen LogP contribution in [0.1, 0.15) is 42.1 Å². The Hall–Kier alpha value is -4.08. The molecule has 10 nitrogen and oxygen atoms in total. The monoisotopic (exact) mass is 441 g/mol. The van der Waals surface area contributed by atoms with Gasteiger partial charge in [-0.15, -0.1) is 0 Å². The molecule has 0 unspecified atom stereocenters. The van der Waals surface area contributed by atoms with E-state index in [2.05, 4.69) is 10.6 Å². The third kappa shape index (κ3) is 7.63. The molecule has 0 aliphatic heterocycles. The number of ketones is 1. The zero-order chi connectivity index (χ0) is 23.7. The van der Waals surface area contributed by atoms with Crippen LogP contribution < -0.4 is 10.6 Å². The van der Waals surface area contributed by atoms with Crippen molar-refractivity contribution in [2.75, 3.05) is 17.2 Å². The highest BCUT2D eigenvalue weighted by atomic mass is 16.6. The lowest BCUT2D eigenvalue weighted by Crippen LogP contribution is -2.21. The van der Waals surface area contributed by atoms with Gasteiger partial charge >= 0.3 is 5.97 Å². The van der Waals surface area contributed by atoms with Crippen molar-refractivity contribution in [3.63, 3.8) is 0 Å². The van der Waals surface area contributed by atoms with E-state index < -0.39 is 23.4 Å². The molecule has 2 amide bonds. The molecule has 0 aliphatic carbocycles. The summed E-state index contributed by atoms with van der Waals surface area (Å²) in [6.07, 6.45) is 0.200. The molecule has 0 fully saturated rings. The van der Waals surface area contributed by atoms with Crippen LogP contribution in [0.2, 0.25) is 0 Å². The number of anilines is 2. The molecule has 0 saturated heterocycles. The number of nitro groups is 1. The second-order valence-corrected chi connectivity index (χ2v) is 7.01. The van der Waals surface area contributed by atoms with E-state index in [9.17, 15) is 29.3 Å². The lowest BCUT2D eigenvalue weighted by Gasteiger charge is -2.08. The number of hydrogen-bond acceptors (Lipinski definition) is 7. The van der Waals surface area contributed by atoms with Crippen LogP contribution in [0, 0.1) is 17.0 Å². The molecule has 0 atom stereocenters. The van der Waals surface area contributed by atoms with E-state index in [1.54, 1.807) is 31.2 Å². The van der Waals surface area contributed by atoms with E-state index in [4.69, 9.17) is 4.74 Å². The minimum Gasteiger partial charge on any atom is -0.456 e. The second kappa shape index (κ2) is 11.3. The van der Waals surface area contributed by atoms with Crippen LogP contribution in [-0.2, 0) is 19.1 Å². The van der Waals surface area contributed by atoms with E-state index >= 15 is 0 Å². The van der Waals surface area contributed by atoms with Crippen molar-refractivity contribution in [3.8, 4) is 0 Å². The molecule has 2 aromatic rings. The first-order valence-corrected chi connectivity index (χ1v) is 9.77.